The van der Waals surface area contributed by atoms with E-state index in [2.05, 4.69) is 16.3 Å². The van der Waals surface area contributed by atoms with Crippen molar-refractivity contribution in [2.75, 3.05) is 0 Å². The molecule has 1 unspecified atom stereocenters. The van der Waals surface area contributed by atoms with Crippen LogP contribution < -0.4 is 0 Å². The van der Waals surface area contributed by atoms with Gasteiger partial charge in [-0.15, -0.1) is 0 Å². The van der Waals surface area contributed by atoms with Crippen LogP contribution in [0.5, 0.6) is 0 Å². The van der Waals surface area contributed by atoms with Gasteiger partial charge in [0.05, 0.1) is 6.42 Å². The van der Waals surface area contributed by atoms with E-state index in [-0.39, 0.29) is 0 Å². The largest absolute Gasteiger partial charge is 0.425 e. The van der Waals surface area contributed by atoms with Gasteiger partial charge in [0.1, 0.15) is 0 Å². The van der Waals surface area contributed by atoms with E-state index in [0.717, 1.165) is 0 Å². The van der Waals surface area contributed by atoms with Crippen molar-refractivity contribution >= 4 is 11.6 Å². The van der Waals surface area contributed by atoms with Gasteiger partial charge >= 0.3 is 17.7 Å². The van der Waals surface area contributed by atoms with Crippen LogP contribution in [0.1, 0.15) is 6.42 Å². The number of rotatable bonds is 1. The van der Waals surface area contributed by atoms with Crippen molar-refractivity contribution in [1.29, 1.82) is 0 Å². The van der Waals surface area contributed by atoms with Crippen molar-refractivity contribution in [1.82, 2.24) is 0 Å². The van der Waals surface area contributed by atoms with E-state index in [0.29, 0.717) is 0 Å². The summed E-state index contributed by atoms with van der Waals surface area (Å²) < 4.78 is 87.3. The number of alkyl halides is 8. The van der Waals surface area contributed by atoms with E-state index in [1.807, 2.05) is 0 Å². The van der Waals surface area contributed by atoms with Crippen molar-refractivity contribution in [2.24, 2.45) is 0 Å². The average Bonchev–Trinajstić information content (AvgIpc) is 1.75. The average molecular weight is 247 g/mol. The molecule has 1 heterocycles. The van der Waals surface area contributed by atoms with Gasteiger partial charge in [0.25, 0.3) is 5.60 Å². The second kappa shape index (κ2) is 2.66. The highest BCUT2D eigenvalue weighted by Gasteiger charge is 2.81. The highest BCUT2D eigenvalue weighted by atomic mass is 35.5. The fourth-order valence-corrected chi connectivity index (χ4v) is 1.23. The Bertz CT molecular complexity index is 217. The topological polar surface area (TPSA) is 9.23 Å². The molecule has 14 heavy (non-hydrogen) atoms. The van der Waals surface area contributed by atoms with Gasteiger partial charge in [-0.05, 0) is 11.6 Å². The number of ether oxygens (including phenoxy) is 1. The number of hydrogen-bond donors (Lipinski definition) is 0. The maximum atomic E-state index is 12.2. The number of halogens is 8. The van der Waals surface area contributed by atoms with Gasteiger partial charge in [0, 0.05) is 0 Å². The number of hydrogen-bond acceptors (Lipinski definition) is 1. The summed E-state index contributed by atoms with van der Waals surface area (Å²) >= 11 is 4.09. The Hall–Kier alpha value is -0.240. The summed E-state index contributed by atoms with van der Waals surface area (Å²) in [5.41, 5.74) is -4.29. The van der Waals surface area contributed by atoms with Crippen molar-refractivity contribution in [3.63, 3.8) is 0 Å². The van der Waals surface area contributed by atoms with Crippen LogP contribution in [0.2, 0.25) is 0 Å². The highest BCUT2D eigenvalue weighted by Crippen LogP contribution is 2.60. The molecule has 0 spiro atoms. The second-order valence-corrected chi connectivity index (χ2v) is 3.21. The molecule has 0 bridgehead atoms. The molecule has 1 aliphatic heterocycles. The Morgan fingerprint density at radius 2 is 1.43 bits per heavy atom. The lowest BCUT2D eigenvalue weighted by Gasteiger charge is -2.48. The van der Waals surface area contributed by atoms with E-state index >= 15 is 0 Å². The monoisotopic (exact) mass is 246 g/mol. The van der Waals surface area contributed by atoms with Gasteiger partial charge in [0.2, 0.25) is 0 Å². The van der Waals surface area contributed by atoms with Crippen LogP contribution in [-0.2, 0) is 4.74 Å². The van der Waals surface area contributed by atoms with E-state index < -0.39 is 29.7 Å². The molecule has 84 valence electrons. The molecule has 1 aliphatic rings. The van der Waals surface area contributed by atoms with Gasteiger partial charge in [-0.3, -0.25) is 4.74 Å². The van der Waals surface area contributed by atoms with Gasteiger partial charge in [-0.1, -0.05) is 0 Å². The molecule has 1 nitrogen and oxygen atoms in total. The summed E-state index contributed by atoms with van der Waals surface area (Å²) in [5.74, 6) is 0. The molecule has 0 N–H and O–H groups in total. The van der Waals surface area contributed by atoms with Crippen LogP contribution in [0.3, 0.4) is 0 Å². The summed E-state index contributed by atoms with van der Waals surface area (Å²) in [6.45, 7) is 0. The molecule has 1 atom stereocenters. The molecule has 9 heteroatoms. The third-order valence-corrected chi connectivity index (χ3v) is 2.00. The normalized spacial score (nSPS) is 32.6. The van der Waals surface area contributed by atoms with Gasteiger partial charge < -0.3 is 0 Å². The van der Waals surface area contributed by atoms with E-state index in [4.69, 9.17) is 0 Å². The van der Waals surface area contributed by atoms with E-state index in [1.165, 1.54) is 0 Å². The molecule has 0 saturated carbocycles. The van der Waals surface area contributed by atoms with Crippen LogP contribution in [0, 0.1) is 0 Å². The third-order valence-electron chi connectivity index (χ3n) is 1.69. The van der Waals surface area contributed by atoms with Crippen molar-refractivity contribution in [3.8, 4) is 0 Å². The lowest BCUT2D eigenvalue weighted by atomic mass is 9.92. The molecule has 0 radical (unpaired) electrons. The van der Waals surface area contributed by atoms with Crippen molar-refractivity contribution in [3.05, 3.63) is 0 Å². The molecule has 0 aromatic rings. The lowest BCUT2D eigenvalue weighted by molar-refractivity contribution is -0.486. The summed E-state index contributed by atoms with van der Waals surface area (Å²) in [6.07, 6.45) is -12.0. The summed E-state index contributed by atoms with van der Waals surface area (Å²) in [6, 6.07) is 0. The zero-order chi connectivity index (χ0) is 11.4. The molecule has 0 aromatic carbocycles. The Labute approximate surface area is 77.8 Å². The Kier molecular flexibility index (Phi) is 2.25. The van der Waals surface area contributed by atoms with Crippen LogP contribution in [-0.4, -0.2) is 23.3 Å². The fraction of sp³-hybridized carbons (Fsp3) is 1.00. The van der Waals surface area contributed by atoms with Crippen molar-refractivity contribution in [2.45, 2.75) is 29.7 Å². The summed E-state index contributed by atoms with van der Waals surface area (Å²) in [7, 11) is 0. The lowest BCUT2D eigenvalue weighted by Crippen LogP contribution is -2.70. The van der Waals surface area contributed by atoms with Crippen LogP contribution in [0.25, 0.3) is 0 Å². The minimum atomic E-state index is -5.65. The maximum absolute atomic E-state index is 12.2. The first kappa shape index (κ1) is 11.8. The SMILES string of the molecule is FC1(F)CC(C(F)(F)F)(C(F)(F)Cl)O1. The van der Waals surface area contributed by atoms with Crippen molar-refractivity contribution < 1.29 is 35.5 Å². The van der Waals surface area contributed by atoms with Crippen LogP contribution in [0.15, 0.2) is 0 Å². The van der Waals surface area contributed by atoms with Crippen LogP contribution in [0.4, 0.5) is 30.7 Å². The Morgan fingerprint density at radius 1 is 1.07 bits per heavy atom. The first-order valence-corrected chi connectivity index (χ1v) is 3.51. The molecular formula is C5H2ClF7O. The summed E-state index contributed by atoms with van der Waals surface area (Å²) in [4.78, 5) is 0. The zero-order valence-electron chi connectivity index (χ0n) is 6.14. The van der Waals surface area contributed by atoms with E-state index in [1.54, 1.807) is 0 Å². The first-order valence-electron chi connectivity index (χ1n) is 3.13. The third kappa shape index (κ3) is 1.54. The van der Waals surface area contributed by atoms with Gasteiger partial charge in [0.15, 0.2) is 0 Å². The molecule has 1 fully saturated rings. The minimum absolute atomic E-state index is 2.18. The molecule has 0 aliphatic carbocycles. The Balaban J connectivity index is 2.99. The predicted octanol–water partition coefficient (Wildman–Crippen LogP) is 3.13. The standard InChI is InChI=1S/C5H2ClF7O/c6-4(9,10)2(5(11,12)13)1-3(7,8)14-2/h1H2. The minimum Gasteiger partial charge on any atom is -0.296 e. The van der Waals surface area contributed by atoms with E-state index in [9.17, 15) is 30.7 Å². The summed E-state index contributed by atoms with van der Waals surface area (Å²) in [5, 5.41) is -4.92. The van der Waals surface area contributed by atoms with Crippen LogP contribution >= 0.6 is 11.6 Å². The highest BCUT2D eigenvalue weighted by molar-refractivity contribution is 6.22. The first-order chi connectivity index (χ1) is 5.91. The molecule has 0 aromatic heterocycles. The zero-order valence-corrected chi connectivity index (χ0v) is 6.89. The fourth-order valence-electron chi connectivity index (χ4n) is 1.01. The van der Waals surface area contributed by atoms with Gasteiger partial charge in [-0.25, -0.2) is 0 Å². The smallest absolute Gasteiger partial charge is 0.296 e. The molecular weight excluding hydrogens is 244 g/mol. The van der Waals surface area contributed by atoms with Gasteiger partial charge in [-0.2, -0.15) is 30.7 Å². The Morgan fingerprint density at radius 3 is 1.50 bits per heavy atom. The maximum Gasteiger partial charge on any atom is 0.425 e. The quantitative estimate of drug-likeness (QED) is 0.510. The molecule has 1 saturated heterocycles. The molecule has 1 rings (SSSR count). The second-order valence-electron chi connectivity index (χ2n) is 2.74. The molecule has 0 amide bonds. The predicted molar refractivity (Wildman–Crippen MR) is 30.2 cm³/mol.